The molecule has 1 aliphatic heterocycles. The number of benzene rings is 1. The fourth-order valence-electron chi connectivity index (χ4n) is 2.34. The van der Waals surface area contributed by atoms with Crippen molar-refractivity contribution in [1.82, 2.24) is 0 Å². The molecule has 0 radical (unpaired) electrons. The summed E-state index contributed by atoms with van der Waals surface area (Å²) in [5.41, 5.74) is 9.55. The van der Waals surface area contributed by atoms with E-state index in [4.69, 9.17) is 5.73 Å². The molecule has 0 bridgehead atoms. The van der Waals surface area contributed by atoms with Crippen molar-refractivity contribution in [3.05, 3.63) is 17.7 Å². The van der Waals surface area contributed by atoms with Crippen LogP contribution in [0.15, 0.2) is 12.1 Å². The number of carbonyl (C=O) groups is 1. The topological polar surface area (TPSA) is 67.1 Å². The van der Waals surface area contributed by atoms with E-state index < -0.39 is 0 Å². The standard InChI is InChI=1S/C15H23N3O/c1-9(2)4-5-10(3)17-14-8-13-11(6-12(14)16)7-15(19)18-13/h6,8-10,17H,4-5,7,16H2,1-3H3,(H,18,19). The molecule has 104 valence electrons. The summed E-state index contributed by atoms with van der Waals surface area (Å²) in [5.74, 6) is 0.750. The van der Waals surface area contributed by atoms with Gasteiger partial charge >= 0.3 is 0 Å². The zero-order chi connectivity index (χ0) is 14.0. The quantitative estimate of drug-likeness (QED) is 0.714. The van der Waals surface area contributed by atoms with Crippen LogP contribution in [0.25, 0.3) is 0 Å². The highest BCUT2D eigenvalue weighted by Crippen LogP contribution is 2.32. The molecule has 0 aliphatic carbocycles. The summed E-state index contributed by atoms with van der Waals surface area (Å²) in [6, 6.07) is 4.21. The number of amides is 1. The summed E-state index contributed by atoms with van der Waals surface area (Å²) in [4.78, 5) is 11.3. The molecule has 0 fully saturated rings. The molecule has 0 saturated carbocycles. The zero-order valence-electron chi connectivity index (χ0n) is 11.9. The van der Waals surface area contributed by atoms with Gasteiger partial charge < -0.3 is 16.4 Å². The van der Waals surface area contributed by atoms with Gasteiger partial charge in [0.25, 0.3) is 0 Å². The van der Waals surface area contributed by atoms with E-state index in [-0.39, 0.29) is 5.91 Å². The van der Waals surface area contributed by atoms with Gasteiger partial charge in [0.05, 0.1) is 17.8 Å². The number of nitrogen functional groups attached to an aromatic ring is 1. The number of nitrogens with two attached hydrogens (primary N) is 1. The zero-order valence-corrected chi connectivity index (χ0v) is 11.9. The lowest BCUT2D eigenvalue weighted by atomic mass is 10.0. The maximum atomic E-state index is 11.3. The van der Waals surface area contributed by atoms with E-state index >= 15 is 0 Å². The molecule has 1 unspecified atom stereocenters. The average molecular weight is 261 g/mol. The first-order chi connectivity index (χ1) is 8.95. The molecule has 4 N–H and O–H groups in total. The Balaban J connectivity index is 2.05. The second kappa shape index (κ2) is 5.51. The Kier molecular flexibility index (Phi) is 3.98. The van der Waals surface area contributed by atoms with Crippen LogP contribution < -0.4 is 16.4 Å². The molecule has 1 aliphatic rings. The first-order valence-corrected chi connectivity index (χ1v) is 6.94. The number of hydrogen-bond donors (Lipinski definition) is 3. The van der Waals surface area contributed by atoms with Crippen LogP contribution in [0, 0.1) is 5.92 Å². The molecule has 1 aromatic carbocycles. The molecule has 2 rings (SSSR count). The molecule has 1 heterocycles. The van der Waals surface area contributed by atoms with Crippen LogP contribution in [0.4, 0.5) is 17.1 Å². The fourth-order valence-corrected chi connectivity index (χ4v) is 2.34. The second-order valence-corrected chi connectivity index (χ2v) is 5.84. The number of nitrogens with one attached hydrogen (secondary N) is 2. The Morgan fingerprint density at radius 2 is 2.05 bits per heavy atom. The summed E-state index contributed by atoms with van der Waals surface area (Å²) >= 11 is 0. The van der Waals surface area contributed by atoms with Gasteiger partial charge in [0, 0.05) is 11.7 Å². The maximum Gasteiger partial charge on any atom is 0.228 e. The monoisotopic (exact) mass is 261 g/mol. The number of anilines is 3. The molecule has 0 spiro atoms. The van der Waals surface area contributed by atoms with Gasteiger partial charge in [-0.1, -0.05) is 13.8 Å². The number of rotatable bonds is 5. The predicted octanol–water partition coefficient (Wildman–Crippen LogP) is 3.00. The first-order valence-electron chi connectivity index (χ1n) is 6.94. The molecular weight excluding hydrogens is 238 g/mol. The van der Waals surface area contributed by atoms with Crippen LogP contribution in [0.2, 0.25) is 0 Å². The number of carbonyl (C=O) groups excluding carboxylic acids is 1. The van der Waals surface area contributed by atoms with Crippen molar-refractivity contribution in [3.8, 4) is 0 Å². The molecular formula is C15H23N3O. The van der Waals surface area contributed by atoms with Crippen LogP contribution in [-0.2, 0) is 11.2 Å². The number of hydrogen-bond acceptors (Lipinski definition) is 3. The lowest BCUT2D eigenvalue weighted by molar-refractivity contribution is -0.115. The highest BCUT2D eigenvalue weighted by atomic mass is 16.1. The van der Waals surface area contributed by atoms with Gasteiger partial charge in [-0.25, -0.2) is 0 Å². The van der Waals surface area contributed by atoms with Gasteiger partial charge in [0.1, 0.15) is 0 Å². The predicted molar refractivity (Wildman–Crippen MR) is 80.3 cm³/mol. The third kappa shape index (κ3) is 3.40. The van der Waals surface area contributed by atoms with Crippen molar-refractivity contribution < 1.29 is 4.79 Å². The normalized spacial score (nSPS) is 15.3. The van der Waals surface area contributed by atoms with E-state index in [0.717, 1.165) is 23.4 Å². The minimum atomic E-state index is 0.0411. The highest BCUT2D eigenvalue weighted by molar-refractivity contribution is 6.00. The van der Waals surface area contributed by atoms with Gasteiger partial charge in [-0.2, -0.15) is 0 Å². The van der Waals surface area contributed by atoms with E-state index in [9.17, 15) is 4.79 Å². The average Bonchev–Trinajstić information content (AvgIpc) is 2.66. The van der Waals surface area contributed by atoms with Crippen molar-refractivity contribution in [3.63, 3.8) is 0 Å². The number of fused-ring (bicyclic) bond motifs is 1. The third-order valence-corrected chi connectivity index (χ3v) is 3.48. The van der Waals surface area contributed by atoms with E-state index in [0.29, 0.717) is 24.1 Å². The smallest absolute Gasteiger partial charge is 0.228 e. The minimum Gasteiger partial charge on any atom is -0.397 e. The van der Waals surface area contributed by atoms with Crippen LogP contribution in [0.5, 0.6) is 0 Å². The summed E-state index contributed by atoms with van der Waals surface area (Å²) in [7, 11) is 0. The molecule has 1 amide bonds. The molecule has 19 heavy (non-hydrogen) atoms. The van der Waals surface area contributed by atoms with E-state index in [1.54, 1.807) is 0 Å². The van der Waals surface area contributed by atoms with Crippen molar-refractivity contribution in [2.75, 3.05) is 16.4 Å². The van der Waals surface area contributed by atoms with E-state index in [2.05, 4.69) is 31.4 Å². The van der Waals surface area contributed by atoms with Gasteiger partial charge in [-0.05, 0) is 43.4 Å². The Labute approximate surface area is 114 Å². The molecule has 0 aromatic heterocycles. The highest BCUT2D eigenvalue weighted by Gasteiger charge is 2.19. The van der Waals surface area contributed by atoms with Gasteiger partial charge in [0.15, 0.2) is 0 Å². The minimum absolute atomic E-state index is 0.0411. The lowest BCUT2D eigenvalue weighted by Gasteiger charge is -2.18. The SMILES string of the molecule is CC(C)CCC(C)Nc1cc2c(cc1N)CC(=O)N2. The third-order valence-electron chi connectivity index (χ3n) is 3.48. The van der Waals surface area contributed by atoms with E-state index in [1.165, 1.54) is 6.42 Å². The first kappa shape index (κ1) is 13.7. The Morgan fingerprint density at radius 3 is 2.74 bits per heavy atom. The van der Waals surface area contributed by atoms with Crippen LogP contribution in [0.1, 0.15) is 39.2 Å². The summed E-state index contributed by atoms with van der Waals surface area (Å²) < 4.78 is 0. The van der Waals surface area contributed by atoms with Gasteiger partial charge in [-0.15, -0.1) is 0 Å². The van der Waals surface area contributed by atoms with Crippen molar-refractivity contribution in [2.24, 2.45) is 5.92 Å². The fraction of sp³-hybridized carbons (Fsp3) is 0.533. The lowest BCUT2D eigenvalue weighted by Crippen LogP contribution is -2.17. The van der Waals surface area contributed by atoms with Crippen molar-refractivity contribution in [1.29, 1.82) is 0 Å². The molecule has 1 atom stereocenters. The maximum absolute atomic E-state index is 11.3. The molecule has 4 heteroatoms. The van der Waals surface area contributed by atoms with Crippen molar-refractivity contribution >= 4 is 23.0 Å². The Bertz CT molecular complexity index is 483. The van der Waals surface area contributed by atoms with Gasteiger partial charge in [0.2, 0.25) is 5.91 Å². The van der Waals surface area contributed by atoms with Crippen LogP contribution in [-0.4, -0.2) is 11.9 Å². The van der Waals surface area contributed by atoms with Crippen LogP contribution in [0.3, 0.4) is 0 Å². The van der Waals surface area contributed by atoms with Crippen molar-refractivity contribution in [2.45, 2.75) is 46.1 Å². The largest absolute Gasteiger partial charge is 0.397 e. The summed E-state index contributed by atoms with van der Waals surface area (Å²) in [5, 5.41) is 6.29. The molecule has 1 aromatic rings. The van der Waals surface area contributed by atoms with Crippen LogP contribution >= 0.6 is 0 Å². The molecule has 4 nitrogen and oxygen atoms in total. The van der Waals surface area contributed by atoms with E-state index in [1.807, 2.05) is 12.1 Å². The Morgan fingerprint density at radius 1 is 1.32 bits per heavy atom. The summed E-state index contributed by atoms with van der Waals surface area (Å²) in [6.07, 6.45) is 2.74. The second-order valence-electron chi connectivity index (χ2n) is 5.84. The molecule has 0 saturated heterocycles. The van der Waals surface area contributed by atoms with Gasteiger partial charge in [-0.3, -0.25) is 4.79 Å². The summed E-state index contributed by atoms with van der Waals surface area (Å²) in [6.45, 7) is 6.62. The Hall–Kier alpha value is -1.71.